The van der Waals surface area contributed by atoms with Crippen LogP contribution in [0.1, 0.15) is 51.4 Å². The molecule has 0 radical (unpaired) electrons. The predicted octanol–water partition coefficient (Wildman–Crippen LogP) is 2.07. The highest BCUT2D eigenvalue weighted by molar-refractivity contribution is 6.65. The highest BCUT2D eigenvalue weighted by Crippen LogP contribution is 2.32. The van der Waals surface area contributed by atoms with Crippen molar-refractivity contribution in [3.8, 4) is 0 Å². The zero-order valence-corrected chi connectivity index (χ0v) is 9.54. The standard InChI is InChI=1S/C13H18O3/c14-11-7-6-10(12(15)13(11)16)8-9-4-2-1-3-5-9/h9-10H,1-8H2. The molecule has 2 aliphatic carbocycles. The fourth-order valence-corrected chi connectivity index (χ4v) is 2.92. The molecule has 0 amide bonds. The number of hydrogen-bond donors (Lipinski definition) is 0. The average molecular weight is 222 g/mol. The summed E-state index contributed by atoms with van der Waals surface area (Å²) in [6.45, 7) is 0. The molecule has 2 fully saturated rings. The average Bonchev–Trinajstić information content (AvgIpc) is 2.31. The number of carbonyl (C=O) groups excluding carboxylic acids is 3. The second-order valence-corrected chi connectivity index (χ2v) is 5.09. The molecule has 0 aliphatic heterocycles. The smallest absolute Gasteiger partial charge is 0.264 e. The zero-order valence-electron chi connectivity index (χ0n) is 9.54. The Kier molecular flexibility index (Phi) is 3.52. The molecule has 3 heteroatoms. The molecule has 3 nitrogen and oxygen atoms in total. The third-order valence-electron chi connectivity index (χ3n) is 3.91. The first-order chi connectivity index (χ1) is 7.68. The van der Waals surface area contributed by atoms with Gasteiger partial charge in [0.2, 0.25) is 11.6 Å². The number of carbonyl (C=O) groups is 3. The molecule has 0 heterocycles. The Hall–Kier alpha value is -0.990. The molecule has 2 aliphatic rings. The summed E-state index contributed by atoms with van der Waals surface area (Å²) in [5, 5.41) is 0. The van der Waals surface area contributed by atoms with Crippen molar-refractivity contribution < 1.29 is 14.4 Å². The Morgan fingerprint density at radius 1 is 0.938 bits per heavy atom. The van der Waals surface area contributed by atoms with Crippen LogP contribution in [0.2, 0.25) is 0 Å². The second kappa shape index (κ2) is 4.89. The van der Waals surface area contributed by atoms with Crippen LogP contribution in [0.3, 0.4) is 0 Å². The van der Waals surface area contributed by atoms with Gasteiger partial charge in [0.1, 0.15) is 0 Å². The molecule has 1 unspecified atom stereocenters. The summed E-state index contributed by atoms with van der Waals surface area (Å²) in [4.78, 5) is 34.0. The van der Waals surface area contributed by atoms with Crippen LogP contribution >= 0.6 is 0 Å². The van der Waals surface area contributed by atoms with Gasteiger partial charge in [-0.2, -0.15) is 0 Å². The van der Waals surface area contributed by atoms with Gasteiger partial charge in [-0.3, -0.25) is 14.4 Å². The largest absolute Gasteiger partial charge is 0.290 e. The van der Waals surface area contributed by atoms with Crippen LogP contribution < -0.4 is 0 Å². The first-order valence-corrected chi connectivity index (χ1v) is 6.30. The summed E-state index contributed by atoms with van der Waals surface area (Å²) in [7, 11) is 0. The van der Waals surface area contributed by atoms with Crippen LogP contribution in [0, 0.1) is 11.8 Å². The molecule has 0 spiro atoms. The molecule has 0 N–H and O–H groups in total. The minimum absolute atomic E-state index is 0.159. The van der Waals surface area contributed by atoms with Gasteiger partial charge in [-0.05, 0) is 18.8 Å². The number of rotatable bonds is 2. The first-order valence-electron chi connectivity index (χ1n) is 6.30. The van der Waals surface area contributed by atoms with Crippen LogP contribution in [-0.4, -0.2) is 17.3 Å². The van der Waals surface area contributed by atoms with Crippen molar-refractivity contribution in [1.82, 2.24) is 0 Å². The van der Waals surface area contributed by atoms with Crippen molar-refractivity contribution in [1.29, 1.82) is 0 Å². The van der Waals surface area contributed by atoms with Gasteiger partial charge >= 0.3 is 0 Å². The van der Waals surface area contributed by atoms with E-state index in [-0.39, 0.29) is 12.3 Å². The van der Waals surface area contributed by atoms with Crippen molar-refractivity contribution in [2.45, 2.75) is 51.4 Å². The Bertz CT molecular complexity index is 313. The van der Waals surface area contributed by atoms with Crippen LogP contribution in [0.4, 0.5) is 0 Å². The van der Waals surface area contributed by atoms with Gasteiger partial charge in [-0.15, -0.1) is 0 Å². The summed E-state index contributed by atoms with van der Waals surface area (Å²) in [6.07, 6.45) is 7.88. The third-order valence-corrected chi connectivity index (χ3v) is 3.91. The molecule has 1 atom stereocenters. The maximum atomic E-state index is 11.6. The SMILES string of the molecule is O=C1CCC(CC2CCCCC2)C(=O)C1=O. The van der Waals surface area contributed by atoms with E-state index in [9.17, 15) is 14.4 Å². The monoisotopic (exact) mass is 222 g/mol. The molecule has 0 aromatic rings. The molecular weight excluding hydrogens is 204 g/mol. The molecule has 2 saturated carbocycles. The molecule has 0 aromatic carbocycles. The van der Waals surface area contributed by atoms with Crippen molar-refractivity contribution in [2.24, 2.45) is 11.8 Å². The molecule has 88 valence electrons. The molecule has 0 aromatic heterocycles. The minimum atomic E-state index is -0.743. The van der Waals surface area contributed by atoms with E-state index < -0.39 is 17.3 Å². The van der Waals surface area contributed by atoms with Crippen LogP contribution in [-0.2, 0) is 14.4 Å². The highest BCUT2D eigenvalue weighted by Gasteiger charge is 2.36. The van der Waals surface area contributed by atoms with E-state index in [4.69, 9.17) is 0 Å². The molecule has 16 heavy (non-hydrogen) atoms. The second-order valence-electron chi connectivity index (χ2n) is 5.09. The maximum Gasteiger partial charge on any atom is 0.264 e. The lowest BCUT2D eigenvalue weighted by Gasteiger charge is -2.26. The lowest BCUT2D eigenvalue weighted by molar-refractivity contribution is -0.148. The highest BCUT2D eigenvalue weighted by atomic mass is 16.2. The minimum Gasteiger partial charge on any atom is -0.290 e. The van der Waals surface area contributed by atoms with Gasteiger partial charge in [-0.25, -0.2) is 0 Å². The van der Waals surface area contributed by atoms with E-state index >= 15 is 0 Å². The van der Waals surface area contributed by atoms with Crippen molar-refractivity contribution in [3.63, 3.8) is 0 Å². The molecular formula is C13H18O3. The van der Waals surface area contributed by atoms with Crippen LogP contribution in [0.5, 0.6) is 0 Å². The van der Waals surface area contributed by atoms with Crippen LogP contribution in [0.15, 0.2) is 0 Å². The van der Waals surface area contributed by atoms with E-state index in [0.29, 0.717) is 12.3 Å². The molecule has 0 bridgehead atoms. The summed E-state index contributed by atoms with van der Waals surface area (Å²) in [5.41, 5.74) is 0. The van der Waals surface area contributed by atoms with Crippen molar-refractivity contribution in [2.75, 3.05) is 0 Å². The van der Waals surface area contributed by atoms with E-state index in [1.807, 2.05) is 0 Å². The van der Waals surface area contributed by atoms with Gasteiger partial charge in [0.05, 0.1) is 0 Å². The third kappa shape index (κ3) is 2.39. The molecule has 0 saturated heterocycles. The summed E-state index contributed by atoms with van der Waals surface area (Å²) in [6, 6.07) is 0. The predicted molar refractivity (Wildman–Crippen MR) is 58.9 cm³/mol. The summed E-state index contributed by atoms with van der Waals surface area (Å²) >= 11 is 0. The van der Waals surface area contributed by atoms with E-state index in [2.05, 4.69) is 0 Å². The number of hydrogen-bond acceptors (Lipinski definition) is 3. The summed E-state index contributed by atoms with van der Waals surface area (Å²) < 4.78 is 0. The van der Waals surface area contributed by atoms with Crippen molar-refractivity contribution in [3.05, 3.63) is 0 Å². The van der Waals surface area contributed by atoms with E-state index in [1.165, 1.54) is 32.1 Å². The maximum absolute atomic E-state index is 11.6. The van der Waals surface area contributed by atoms with Crippen LogP contribution in [0.25, 0.3) is 0 Å². The Morgan fingerprint density at radius 2 is 1.62 bits per heavy atom. The Morgan fingerprint density at radius 3 is 2.31 bits per heavy atom. The zero-order chi connectivity index (χ0) is 11.5. The fourth-order valence-electron chi connectivity index (χ4n) is 2.92. The van der Waals surface area contributed by atoms with Gasteiger partial charge in [-0.1, -0.05) is 32.1 Å². The quantitative estimate of drug-likeness (QED) is 0.672. The number of ketones is 3. The fraction of sp³-hybridized carbons (Fsp3) is 0.769. The van der Waals surface area contributed by atoms with Gasteiger partial charge in [0, 0.05) is 12.3 Å². The Labute approximate surface area is 95.6 Å². The first kappa shape index (κ1) is 11.5. The van der Waals surface area contributed by atoms with Crippen molar-refractivity contribution >= 4 is 17.3 Å². The summed E-state index contributed by atoms with van der Waals surface area (Å²) in [5.74, 6) is -1.20. The normalized spacial score (nSPS) is 28.5. The van der Waals surface area contributed by atoms with Gasteiger partial charge < -0.3 is 0 Å². The molecule has 2 rings (SSSR count). The lowest BCUT2D eigenvalue weighted by atomic mass is 9.76. The lowest BCUT2D eigenvalue weighted by Crippen LogP contribution is -2.36. The van der Waals surface area contributed by atoms with Gasteiger partial charge in [0.25, 0.3) is 5.78 Å². The topological polar surface area (TPSA) is 51.2 Å². The van der Waals surface area contributed by atoms with E-state index in [0.717, 1.165) is 6.42 Å². The Balaban J connectivity index is 1.91. The number of Topliss-reactive ketones (excluding diaryl/α,β-unsaturated/α-hetero) is 3. The van der Waals surface area contributed by atoms with Gasteiger partial charge in [0.15, 0.2) is 0 Å². The van der Waals surface area contributed by atoms with E-state index in [1.54, 1.807) is 0 Å².